The number of amides is 2. The van der Waals surface area contributed by atoms with Crippen molar-refractivity contribution in [1.29, 1.82) is 0 Å². The summed E-state index contributed by atoms with van der Waals surface area (Å²) in [5, 5.41) is 0.975. The van der Waals surface area contributed by atoms with Crippen molar-refractivity contribution in [3.8, 4) is 0 Å². The Balaban J connectivity index is 4.01. The lowest BCUT2D eigenvalue weighted by atomic mass is 10.1. The van der Waals surface area contributed by atoms with Gasteiger partial charge in [0.05, 0.1) is 0 Å². The predicted octanol–water partition coefficient (Wildman–Crippen LogP) is 4.06. The number of hydrogen-bond acceptors (Lipinski definition) is 2. The molecule has 0 bridgehead atoms. The molecular weight excluding hydrogens is 306 g/mol. The van der Waals surface area contributed by atoms with Gasteiger partial charge in [-0.2, -0.15) is 0 Å². The van der Waals surface area contributed by atoms with Crippen molar-refractivity contribution in [1.82, 2.24) is 4.90 Å². The number of unbranched alkanes of at least 4 members (excludes halogenated alkanes) is 3. The van der Waals surface area contributed by atoms with E-state index in [4.69, 9.17) is 0 Å². The number of carbonyl (C=O) groups is 2. The van der Waals surface area contributed by atoms with Crippen LogP contribution in [0.1, 0.15) is 58.8 Å². The Kier molecular flexibility index (Phi) is 12.0. The van der Waals surface area contributed by atoms with Crippen LogP contribution in [0.5, 0.6) is 0 Å². The molecule has 0 saturated carbocycles. The zero-order chi connectivity index (χ0) is 14.5. The molecular formula is C15H26BrNO2. The van der Waals surface area contributed by atoms with Gasteiger partial charge >= 0.3 is 0 Å². The summed E-state index contributed by atoms with van der Waals surface area (Å²) in [6, 6.07) is 0. The van der Waals surface area contributed by atoms with Crippen LogP contribution in [0.2, 0.25) is 0 Å². The Bertz CT molecular complexity index is 290. The Morgan fingerprint density at radius 2 is 1.68 bits per heavy atom. The summed E-state index contributed by atoms with van der Waals surface area (Å²) in [6.45, 7) is 4.32. The Morgan fingerprint density at radius 3 is 2.21 bits per heavy atom. The number of nitrogens with zero attached hydrogens (tertiary/aromatic N) is 1. The second-order valence-electron chi connectivity index (χ2n) is 4.49. The maximum Gasteiger partial charge on any atom is 0.229 e. The fourth-order valence-electron chi connectivity index (χ4n) is 1.85. The number of imide groups is 1. The summed E-state index contributed by atoms with van der Waals surface area (Å²) in [4.78, 5) is 25.3. The lowest BCUT2D eigenvalue weighted by Gasteiger charge is -2.18. The molecule has 0 aromatic rings. The first kappa shape index (κ1) is 18.4. The van der Waals surface area contributed by atoms with Gasteiger partial charge in [0.2, 0.25) is 11.8 Å². The van der Waals surface area contributed by atoms with Crippen LogP contribution in [-0.4, -0.2) is 28.6 Å². The van der Waals surface area contributed by atoms with Crippen LogP contribution in [0, 0.1) is 0 Å². The molecule has 2 amide bonds. The molecule has 0 aliphatic rings. The molecule has 0 N–H and O–H groups in total. The van der Waals surface area contributed by atoms with Crippen molar-refractivity contribution in [2.75, 3.05) is 11.9 Å². The summed E-state index contributed by atoms with van der Waals surface area (Å²) in [5.74, 6) is -0.0504. The van der Waals surface area contributed by atoms with E-state index in [1.54, 1.807) is 0 Å². The smallest absolute Gasteiger partial charge is 0.229 e. The molecule has 110 valence electrons. The third kappa shape index (κ3) is 8.98. The maximum absolute atomic E-state index is 11.9. The molecule has 4 heteroatoms. The molecule has 0 saturated heterocycles. The Morgan fingerprint density at radius 1 is 1.05 bits per heavy atom. The van der Waals surface area contributed by atoms with Gasteiger partial charge in [-0.15, -0.1) is 0 Å². The van der Waals surface area contributed by atoms with Gasteiger partial charge in [-0.1, -0.05) is 34.5 Å². The van der Waals surface area contributed by atoms with Crippen molar-refractivity contribution in [3.63, 3.8) is 0 Å². The topological polar surface area (TPSA) is 37.4 Å². The first-order chi connectivity index (χ1) is 9.17. The highest BCUT2D eigenvalue weighted by Crippen LogP contribution is 2.08. The number of rotatable bonds is 10. The number of alkyl halides is 1. The predicted molar refractivity (Wildman–Crippen MR) is 83.3 cm³/mol. The molecule has 0 radical (unpaired) electrons. The highest BCUT2D eigenvalue weighted by atomic mass is 79.9. The lowest BCUT2D eigenvalue weighted by Crippen LogP contribution is -2.36. The number of carbonyl (C=O) groups excluding carboxylic acids is 2. The highest BCUT2D eigenvalue weighted by molar-refractivity contribution is 9.09. The second-order valence-corrected chi connectivity index (χ2v) is 5.29. The molecule has 0 unspecified atom stereocenters. The molecule has 0 spiro atoms. The lowest BCUT2D eigenvalue weighted by molar-refractivity contribution is -0.144. The van der Waals surface area contributed by atoms with Crippen LogP contribution in [0.25, 0.3) is 0 Å². The summed E-state index contributed by atoms with van der Waals surface area (Å²) in [5.41, 5.74) is 0. The molecule has 0 aliphatic carbocycles. The molecule has 0 atom stereocenters. The van der Waals surface area contributed by atoms with Crippen LogP contribution in [0.15, 0.2) is 12.2 Å². The Hall–Kier alpha value is -0.640. The van der Waals surface area contributed by atoms with E-state index in [1.807, 2.05) is 26.0 Å². The molecule has 3 nitrogen and oxygen atoms in total. The normalized spacial score (nSPS) is 10.9. The van der Waals surface area contributed by atoms with Gasteiger partial charge in [0, 0.05) is 24.7 Å². The van der Waals surface area contributed by atoms with Gasteiger partial charge in [0.15, 0.2) is 0 Å². The third-order valence-corrected chi connectivity index (χ3v) is 3.50. The zero-order valence-corrected chi connectivity index (χ0v) is 13.7. The van der Waals surface area contributed by atoms with E-state index < -0.39 is 0 Å². The highest BCUT2D eigenvalue weighted by Gasteiger charge is 2.18. The van der Waals surface area contributed by atoms with Crippen molar-refractivity contribution < 1.29 is 9.59 Å². The zero-order valence-electron chi connectivity index (χ0n) is 12.2. The second kappa shape index (κ2) is 12.4. The number of allylic oxidation sites excluding steroid dienone is 2. The molecule has 0 rings (SSSR count). The van der Waals surface area contributed by atoms with Gasteiger partial charge in [-0.3, -0.25) is 14.5 Å². The van der Waals surface area contributed by atoms with Gasteiger partial charge < -0.3 is 0 Å². The van der Waals surface area contributed by atoms with E-state index in [9.17, 15) is 9.59 Å². The molecule has 0 aromatic heterocycles. The van der Waals surface area contributed by atoms with E-state index >= 15 is 0 Å². The fraction of sp³-hybridized carbons (Fsp3) is 0.733. The van der Waals surface area contributed by atoms with Gasteiger partial charge in [0.25, 0.3) is 0 Å². The Labute approximate surface area is 125 Å². The minimum atomic E-state index is -0.0301. The van der Waals surface area contributed by atoms with Crippen molar-refractivity contribution in [3.05, 3.63) is 12.2 Å². The largest absolute Gasteiger partial charge is 0.283 e. The van der Waals surface area contributed by atoms with E-state index in [-0.39, 0.29) is 11.8 Å². The van der Waals surface area contributed by atoms with Crippen LogP contribution in [0.3, 0.4) is 0 Å². The van der Waals surface area contributed by atoms with E-state index in [0.717, 1.165) is 37.4 Å². The minimum absolute atomic E-state index is 0.0203. The quantitative estimate of drug-likeness (QED) is 0.344. The third-order valence-electron chi connectivity index (χ3n) is 2.94. The van der Waals surface area contributed by atoms with Gasteiger partial charge in [0.1, 0.15) is 0 Å². The first-order valence-corrected chi connectivity index (χ1v) is 8.29. The number of halogens is 1. The van der Waals surface area contributed by atoms with E-state index in [0.29, 0.717) is 19.4 Å². The summed E-state index contributed by atoms with van der Waals surface area (Å²) in [7, 11) is 0. The average molecular weight is 332 g/mol. The minimum Gasteiger partial charge on any atom is -0.283 e. The van der Waals surface area contributed by atoms with Crippen molar-refractivity contribution in [2.24, 2.45) is 0 Å². The van der Waals surface area contributed by atoms with E-state index in [2.05, 4.69) is 15.9 Å². The summed E-state index contributed by atoms with van der Waals surface area (Å²) in [6.07, 6.45) is 9.68. The molecule has 19 heavy (non-hydrogen) atoms. The van der Waals surface area contributed by atoms with Crippen molar-refractivity contribution in [2.45, 2.75) is 58.8 Å². The SMILES string of the molecule is C/C=C\CCCC(=O)N(CC)C(=O)CCCCCBr. The first-order valence-electron chi connectivity index (χ1n) is 7.17. The molecule has 0 aromatic carbocycles. The van der Waals surface area contributed by atoms with Crippen LogP contribution < -0.4 is 0 Å². The average Bonchev–Trinajstić information content (AvgIpc) is 2.40. The van der Waals surface area contributed by atoms with Crippen LogP contribution >= 0.6 is 15.9 Å². The van der Waals surface area contributed by atoms with Crippen LogP contribution in [-0.2, 0) is 9.59 Å². The maximum atomic E-state index is 11.9. The summed E-state index contributed by atoms with van der Waals surface area (Å²) >= 11 is 3.37. The molecule has 0 fully saturated rings. The van der Waals surface area contributed by atoms with Crippen LogP contribution in [0.4, 0.5) is 0 Å². The summed E-state index contributed by atoms with van der Waals surface area (Å²) < 4.78 is 0. The monoisotopic (exact) mass is 331 g/mol. The molecule has 0 aliphatic heterocycles. The standard InChI is InChI=1S/C15H26BrNO2/c1-3-5-6-8-11-14(18)17(4-2)15(19)12-9-7-10-13-16/h3,5H,4,6-13H2,1-2H3/b5-3-. The number of hydrogen-bond donors (Lipinski definition) is 0. The van der Waals surface area contributed by atoms with Crippen molar-refractivity contribution >= 4 is 27.7 Å². The fourth-order valence-corrected chi connectivity index (χ4v) is 2.24. The molecule has 0 heterocycles. The van der Waals surface area contributed by atoms with Gasteiger partial charge in [-0.05, 0) is 39.5 Å². The van der Waals surface area contributed by atoms with E-state index in [1.165, 1.54) is 4.90 Å². The van der Waals surface area contributed by atoms with Gasteiger partial charge in [-0.25, -0.2) is 0 Å².